The molecule has 0 spiro atoms. The average molecular weight is 155 g/mol. The lowest BCUT2D eigenvalue weighted by atomic mass is 10.00. The van der Waals surface area contributed by atoms with E-state index in [1.54, 1.807) is 0 Å². The Hall–Kier alpha value is -0.0800. The van der Waals surface area contributed by atoms with Crippen molar-refractivity contribution in [3.8, 4) is 0 Å². The minimum atomic E-state index is 0.536. The normalized spacial score (nSPS) is 43.9. The number of rotatable bonds is 1. The molecule has 0 bridgehead atoms. The van der Waals surface area contributed by atoms with Gasteiger partial charge in [-0.2, -0.15) is 0 Å². The third-order valence-corrected chi connectivity index (χ3v) is 2.86. The van der Waals surface area contributed by atoms with Crippen molar-refractivity contribution in [3.05, 3.63) is 0 Å². The van der Waals surface area contributed by atoms with E-state index in [0.717, 1.165) is 0 Å². The highest BCUT2D eigenvalue weighted by molar-refractivity contribution is 4.89. The average Bonchev–Trinajstić information content (AvgIpc) is 2.46. The van der Waals surface area contributed by atoms with Gasteiger partial charge < -0.3 is 10.1 Å². The number of nitrogens with one attached hydrogen (secondary N) is 1. The smallest absolute Gasteiger partial charge is 0.0733 e. The summed E-state index contributed by atoms with van der Waals surface area (Å²) in [7, 11) is 0. The monoisotopic (exact) mass is 155 g/mol. The molecule has 0 amide bonds. The summed E-state index contributed by atoms with van der Waals surface area (Å²) in [6.07, 6.45) is 6.05. The molecular formula is C9H17NO. The van der Waals surface area contributed by atoms with E-state index in [9.17, 15) is 0 Å². The highest BCUT2D eigenvalue weighted by atomic mass is 16.5. The van der Waals surface area contributed by atoms with E-state index in [1.807, 2.05) is 0 Å². The zero-order chi connectivity index (χ0) is 7.68. The van der Waals surface area contributed by atoms with Crippen LogP contribution in [-0.4, -0.2) is 24.8 Å². The van der Waals surface area contributed by atoms with Crippen molar-refractivity contribution in [1.82, 2.24) is 5.32 Å². The predicted octanol–water partition coefficient (Wildman–Crippen LogP) is 1.31. The van der Waals surface area contributed by atoms with Gasteiger partial charge in [0.2, 0.25) is 0 Å². The van der Waals surface area contributed by atoms with Gasteiger partial charge in [0.1, 0.15) is 0 Å². The van der Waals surface area contributed by atoms with E-state index in [0.29, 0.717) is 18.2 Å². The summed E-state index contributed by atoms with van der Waals surface area (Å²) >= 11 is 0. The first kappa shape index (κ1) is 7.56. The van der Waals surface area contributed by atoms with Crippen LogP contribution in [-0.2, 0) is 4.74 Å². The Kier molecular flexibility index (Phi) is 2.14. The lowest BCUT2D eigenvalue weighted by Gasteiger charge is -2.24. The van der Waals surface area contributed by atoms with E-state index < -0.39 is 0 Å². The van der Waals surface area contributed by atoms with Crippen LogP contribution in [0.25, 0.3) is 0 Å². The molecule has 11 heavy (non-hydrogen) atoms. The van der Waals surface area contributed by atoms with Gasteiger partial charge in [-0.05, 0) is 32.2 Å². The molecule has 2 aliphatic heterocycles. The van der Waals surface area contributed by atoms with Gasteiger partial charge in [0.15, 0.2) is 0 Å². The molecule has 2 nitrogen and oxygen atoms in total. The van der Waals surface area contributed by atoms with Crippen LogP contribution < -0.4 is 5.32 Å². The second kappa shape index (κ2) is 3.11. The highest BCUT2D eigenvalue weighted by Crippen LogP contribution is 2.27. The van der Waals surface area contributed by atoms with Crippen LogP contribution >= 0.6 is 0 Å². The van der Waals surface area contributed by atoms with Crippen molar-refractivity contribution >= 4 is 0 Å². The SMILES string of the molecule is CCC1C[C@@H]2NCCC[C@@H]2O1. The fourth-order valence-electron chi connectivity index (χ4n) is 2.17. The van der Waals surface area contributed by atoms with Gasteiger partial charge in [-0.3, -0.25) is 0 Å². The molecule has 2 aliphatic rings. The first-order chi connectivity index (χ1) is 5.40. The predicted molar refractivity (Wildman–Crippen MR) is 44.6 cm³/mol. The van der Waals surface area contributed by atoms with Crippen molar-refractivity contribution in [2.75, 3.05) is 6.54 Å². The maximum Gasteiger partial charge on any atom is 0.0733 e. The zero-order valence-corrected chi connectivity index (χ0v) is 7.18. The Bertz CT molecular complexity index is 124. The Labute approximate surface area is 68.3 Å². The van der Waals surface area contributed by atoms with Gasteiger partial charge in [-0.1, -0.05) is 6.92 Å². The minimum Gasteiger partial charge on any atom is -0.373 e. The van der Waals surface area contributed by atoms with Crippen LogP contribution in [0.3, 0.4) is 0 Å². The van der Waals surface area contributed by atoms with Gasteiger partial charge in [0.05, 0.1) is 12.2 Å². The summed E-state index contributed by atoms with van der Waals surface area (Å²) < 4.78 is 5.85. The number of fused-ring (bicyclic) bond motifs is 1. The lowest BCUT2D eigenvalue weighted by molar-refractivity contribution is 0.0252. The van der Waals surface area contributed by atoms with Crippen molar-refractivity contribution in [3.63, 3.8) is 0 Å². The summed E-state index contributed by atoms with van der Waals surface area (Å²) in [4.78, 5) is 0. The van der Waals surface area contributed by atoms with Crippen LogP contribution in [0.2, 0.25) is 0 Å². The number of ether oxygens (including phenoxy) is 1. The molecular weight excluding hydrogens is 138 g/mol. The van der Waals surface area contributed by atoms with Crippen LogP contribution in [0.1, 0.15) is 32.6 Å². The first-order valence-corrected chi connectivity index (χ1v) is 4.79. The number of piperidine rings is 1. The van der Waals surface area contributed by atoms with Crippen molar-refractivity contribution in [2.24, 2.45) is 0 Å². The summed E-state index contributed by atoms with van der Waals surface area (Å²) in [5.41, 5.74) is 0. The molecule has 0 radical (unpaired) electrons. The molecule has 3 atom stereocenters. The fourth-order valence-corrected chi connectivity index (χ4v) is 2.17. The van der Waals surface area contributed by atoms with Gasteiger partial charge in [-0.25, -0.2) is 0 Å². The quantitative estimate of drug-likeness (QED) is 0.616. The van der Waals surface area contributed by atoms with Gasteiger partial charge in [-0.15, -0.1) is 0 Å². The molecule has 2 heterocycles. The Morgan fingerprint density at radius 1 is 1.55 bits per heavy atom. The molecule has 2 saturated heterocycles. The van der Waals surface area contributed by atoms with Crippen molar-refractivity contribution in [1.29, 1.82) is 0 Å². The lowest BCUT2D eigenvalue weighted by Crippen LogP contribution is -2.41. The summed E-state index contributed by atoms with van der Waals surface area (Å²) in [5, 5.41) is 3.52. The molecule has 1 unspecified atom stereocenters. The Morgan fingerprint density at radius 3 is 3.18 bits per heavy atom. The van der Waals surface area contributed by atoms with Gasteiger partial charge in [0, 0.05) is 6.04 Å². The van der Waals surface area contributed by atoms with E-state index in [-0.39, 0.29) is 0 Å². The number of hydrogen-bond donors (Lipinski definition) is 1. The topological polar surface area (TPSA) is 21.3 Å². The van der Waals surface area contributed by atoms with Gasteiger partial charge in [0.25, 0.3) is 0 Å². The summed E-state index contributed by atoms with van der Waals surface area (Å²) in [6.45, 7) is 3.41. The molecule has 0 aliphatic carbocycles. The first-order valence-electron chi connectivity index (χ1n) is 4.79. The second-order valence-electron chi connectivity index (χ2n) is 3.64. The molecule has 0 aromatic rings. The van der Waals surface area contributed by atoms with E-state index >= 15 is 0 Å². The van der Waals surface area contributed by atoms with E-state index in [1.165, 1.54) is 32.2 Å². The van der Waals surface area contributed by atoms with Crippen LogP contribution in [0.5, 0.6) is 0 Å². The molecule has 64 valence electrons. The van der Waals surface area contributed by atoms with Crippen molar-refractivity contribution < 1.29 is 4.74 Å². The highest BCUT2D eigenvalue weighted by Gasteiger charge is 2.35. The number of hydrogen-bond acceptors (Lipinski definition) is 2. The standard InChI is InChI=1S/C9H17NO/c1-2-7-6-8-9(11-7)4-3-5-10-8/h7-10H,2-6H2,1H3/t7?,8-,9-/m0/s1. The van der Waals surface area contributed by atoms with E-state index in [2.05, 4.69) is 12.2 Å². The molecule has 2 heteroatoms. The van der Waals surface area contributed by atoms with Crippen molar-refractivity contribution in [2.45, 2.75) is 50.9 Å². The molecule has 0 saturated carbocycles. The van der Waals surface area contributed by atoms with E-state index in [4.69, 9.17) is 4.74 Å². The molecule has 0 aromatic carbocycles. The van der Waals surface area contributed by atoms with Gasteiger partial charge >= 0.3 is 0 Å². The van der Waals surface area contributed by atoms with Crippen LogP contribution in [0, 0.1) is 0 Å². The Balaban J connectivity index is 1.92. The zero-order valence-electron chi connectivity index (χ0n) is 7.18. The van der Waals surface area contributed by atoms with Crippen LogP contribution in [0.4, 0.5) is 0 Å². The third-order valence-electron chi connectivity index (χ3n) is 2.86. The Morgan fingerprint density at radius 2 is 2.45 bits per heavy atom. The molecule has 0 aromatic heterocycles. The molecule has 1 N–H and O–H groups in total. The van der Waals surface area contributed by atoms with Crippen LogP contribution in [0.15, 0.2) is 0 Å². The third kappa shape index (κ3) is 1.42. The minimum absolute atomic E-state index is 0.536. The largest absolute Gasteiger partial charge is 0.373 e. The second-order valence-corrected chi connectivity index (χ2v) is 3.64. The summed E-state index contributed by atoms with van der Waals surface area (Å²) in [6, 6.07) is 0.675. The molecule has 2 fully saturated rings. The fraction of sp³-hybridized carbons (Fsp3) is 1.00. The maximum absolute atomic E-state index is 5.85. The molecule has 2 rings (SSSR count). The summed E-state index contributed by atoms with van der Waals surface area (Å²) in [5.74, 6) is 0. The maximum atomic E-state index is 5.85.